The van der Waals surface area contributed by atoms with Gasteiger partial charge in [-0.2, -0.15) is 0 Å². The van der Waals surface area contributed by atoms with E-state index in [0.717, 1.165) is 60.2 Å². The van der Waals surface area contributed by atoms with Gasteiger partial charge >= 0.3 is 0 Å². The lowest BCUT2D eigenvalue weighted by Gasteiger charge is -2.11. The topological polar surface area (TPSA) is 51.8 Å². The molecule has 0 saturated carbocycles. The minimum atomic E-state index is 0.608. The normalized spacial score (nSPS) is 11.7. The van der Waals surface area contributed by atoms with Gasteiger partial charge in [0.05, 0.1) is 0 Å². The van der Waals surface area contributed by atoms with Crippen molar-refractivity contribution < 1.29 is 4.42 Å². The second-order valence-electron chi connectivity index (χ2n) is 12.4. The Labute approximate surface area is 282 Å². The van der Waals surface area contributed by atoms with Gasteiger partial charge in [0.1, 0.15) is 11.2 Å². The standard InChI is InChI=1S/C45H27N3O/c1-2-12-30(13-3-1)43-46-44(34-23-21-31-26-33(22-20-32(31)27-34)36-17-8-14-28-10-4-6-15-35(28)36)48-45(47-43)39-18-9-19-40-41(39)38-25-24-29-11-5-7-16-37(29)42(38)49-40/h1-27H. The molecule has 4 heteroatoms. The summed E-state index contributed by atoms with van der Waals surface area (Å²) in [5, 5.41) is 9.05. The molecule has 8 aromatic carbocycles. The zero-order chi connectivity index (χ0) is 32.3. The van der Waals surface area contributed by atoms with E-state index in [0.29, 0.717) is 17.5 Å². The molecule has 0 atom stereocenters. The van der Waals surface area contributed by atoms with Gasteiger partial charge < -0.3 is 4.42 Å². The van der Waals surface area contributed by atoms with Gasteiger partial charge in [0.15, 0.2) is 17.5 Å². The fraction of sp³-hybridized carbons (Fsp3) is 0. The summed E-state index contributed by atoms with van der Waals surface area (Å²) in [4.78, 5) is 15.2. The van der Waals surface area contributed by atoms with Crippen molar-refractivity contribution >= 4 is 54.3 Å². The molecule has 0 spiro atoms. The predicted molar refractivity (Wildman–Crippen MR) is 201 cm³/mol. The number of aromatic nitrogens is 3. The summed E-state index contributed by atoms with van der Waals surface area (Å²) in [6.45, 7) is 0. The molecule has 228 valence electrons. The van der Waals surface area contributed by atoms with Gasteiger partial charge in [-0.25, -0.2) is 15.0 Å². The Balaban J connectivity index is 1.14. The molecule has 0 aliphatic rings. The smallest absolute Gasteiger partial charge is 0.164 e. The van der Waals surface area contributed by atoms with E-state index >= 15 is 0 Å². The molecule has 2 aromatic heterocycles. The van der Waals surface area contributed by atoms with Gasteiger partial charge in [-0.05, 0) is 62.3 Å². The first-order chi connectivity index (χ1) is 24.3. The number of nitrogens with zero attached hydrogens (tertiary/aromatic N) is 3. The molecule has 0 bridgehead atoms. The van der Waals surface area contributed by atoms with E-state index in [9.17, 15) is 0 Å². The Morgan fingerprint density at radius 3 is 1.78 bits per heavy atom. The maximum Gasteiger partial charge on any atom is 0.164 e. The van der Waals surface area contributed by atoms with Crippen molar-refractivity contribution in [1.82, 2.24) is 15.0 Å². The van der Waals surface area contributed by atoms with Gasteiger partial charge in [-0.15, -0.1) is 0 Å². The van der Waals surface area contributed by atoms with Gasteiger partial charge in [0, 0.05) is 32.8 Å². The lowest BCUT2D eigenvalue weighted by atomic mass is 9.96. The fourth-order valence-corrected chi connectivity index (χ4v) is 7.11. The molecular formula is C45H27N3O. The van der Waals surface area contributed by atoms with Crippen LogP contribution in [0.15, 0.2) is 168 Å². The summed E-state index contributed by atoms with van der Waals surface area (Å²) in [5.74, 6) is 1.86. The van der Waals surface area contributed by atoms with Crippen molar-refractivity contribution in [2.75, 3.05) is 0 Å². The largest absolute Gasteiger partial charge is 0.455 e. The van der Waals surface area contributed by atoms with Crippen LogP contribution in [0.3, 0.4) is 0 Å². The average molecular weight is 626 g/mol. The summed E-state index contributed by atoms with van der Waals surface area (Å²) in [6, 6.07) is 57.0. The van der Waals surface area contributed by atoms with Crippen LogP contribution in [0, 0.1) is 0 Å². The highest BCUT2D eigenvalue weighted by Gasteiger charge is 2.19. The zero-order valence-corrected chi connectivity index (χ0v) is 26.3. The maximum absolute atomic E-state index is 6.50. The van der Waals surface area contributed by atoms with E-state index < -0.39 is 0 Å². The number of furan rings is 1. The molecule has 0 aliphatic heterocycles. The molecule has 2 heterocycles. The van der Waals surface area contributed by atoms with Crippen molar-refractivity contribution in [1.29, 1.82) is 0 Å². The lowest BCUT2D eigenvalue weighted by molar-refractivity contribution is 0.672. The lowest BCUT2D eigenvalue weighted by Crippen LogP contribution is -2.00. The monoisotopic (exact) mass is 625 g/mol. The van der Waals surface area contributed by atoms with E-state index in [1.807, 2.05) is 48.5 Å². The number of hydrogen-bond donors (Lipinski definition) is 0. The summed E-state index contributed by atoms with van der Waals surface area (Å²) in [7, 11) is 0. The van der Waals surface area contributed by atoms with Gasteiger partial charge in [0.25, 0.3) is 0 Å². The van der Waals surface area contributed by atoms with Crippen molar-refractivity contribution in [3.05, 3.63) is 164 Å². The Hall–Kier alpha value is -6.65. The SMILES string of the molecule is c1ccc(-c2nc(-c3ccc4cc(-c5cccc6ccccc56)ccc4c3)nc(-c3cccc4oc5c6ccccc6ccc5c34)n2)cc1. The van der Waals surface area contributed by atoms with Crippen molar-refractivity contribution in [2.45, 2.75) is 0 Å². The first kappa shape index (κ1) is 27.5. The Morgan fingerprint density at radius 1 is 0.347 bits per heavy atom. The minimum absolute atomic E-state index is 0.608. The molecule has 0 fully saturated rings. The molecular weight excluding hydrogens is 599 g/mol. The van der Waals surface area contributed by atoms with Crippen molar-refractivity contribution in [3.8, 4) is 45.3 Å². The van der Waals surface area contributed by atoms with Crippen LogP contribution in [0.2, 0.25) is 0 Å². The summed E-state index contributed by atoms with van der Waals surface area (Å²) in [6.07, 6.45) is 0. The van der Waals surface area contributed by atoms with Gasteiger partial charge in [-0.1, -0.05) is 140 Å². The van der Waals surface area contributed by atoms with Crippen LogP contribution in [0.1, 0.15) is 0 Å². The van der Waals surface area contributed by atoms with Crippen molar-refractivity contribution in [3.63, 3.8) is 0 Å². The van der Waals surface area contributed by atoms with Gasteiger partial charge in [-0.3, -0.25) is 0 Å². The molecule has 0 radical (unpaired) electrons. The summed E-state index contributed by atoms with van der Waals surface area (Å²) in [5.41, 5.74) is 6.87. The minimum Gasteiger partial charge on any atom is -0.455 e. The molecule has 10 rings (SSSR count). The number of fused-ring (bicyclic) bond motifs is 7. The number of benzene rings is 8. The van der Waals surface area contributed by atoms with E-state index in [-0.39, 0.29) is 0 Å². The molecule has 0 saturated heterocycles. The summed E-state index contributed by atoms with van der Waals surface area (Å²) < 4.78 is 6.50. The molecule has 4 nitrogen and oxygen atoms in total. The Kier molecular flexibility index (Phi) is 6.15. The highest BCUT2D eigenvalue weighted by Crippen LogP contribution is 2.39. The van der Waals surface area contributed by atoms with E-state index in [1.54, 1.807) is 0 Å². The summed E-state index contributed by atoms with van der Waals surface area (Å²) >= 11 is 0. The highest BCUT2D eigenvalue weighted by molar-refractivity contribution is 6.18. The van der Waals surface area contributed by atoms with Crippen molar-refractivity contribution in [2.24, 2.45) is 0 Å². The molecule has 0 unspecified atom stereocenters. The third kappa shape index (κ3) is 4.57. The molecule has 10 aromatic rings. The Bertz CT molecular complexity index is 2890. The maximum atomic E-state index is 6.50. The van der Waals surface area contributed by atoms with E-state index in [1.165, 1.54) is 21.9 Å². The predicted octanol–water partition coefficient (Wildman–Crippen LogP) is 11.9. The molecule has 0 N–H and O–H groups in total. The second-order valence-corrected chi connectivity index (χ2v) is 12.4. The first-order valence-corrected chi connectivity index (χ1v) is 16.4. The third-order valence-electron chi connectivity index (χ3n) is 9.49. The quantitative estimate of drug-likeness (QED) is 0.195. The van der Waals surface area contributed by atoms with Crippen LogP contribution >= 0.6 is 0 Å². The second kappa shape index (κ2) is 11.0. The zero-order valence-electron chi connectivity index (χ0n) is 26.3. The van der Waals surface area contributed by atoms with Gasteiger partial charge in [0.2, 0.25) is 0 Å². The van der Waals surface area contributed by atoms with Crippen LogP contribution < -0.4 is 0 Å². The van der Waals surface area contributed by atoms with Crippen LogP contribution in [0.4, 0.5) is 0 Å². The highest BCUT2D eigenvalue weighted by atomic mass is 16.3. The van der Waals surface area contributed by atoms with E-state index in [2.05, 4.69) is 115 Å². The average Bonchev–Trinajstić information content (AvgIpc) is 3.57. The number of hydrogen-bond acceptors (Lipinski definition) is 4. The van der Waals surface area contributed by atoms with E-state index in [4.69, 9.17) is 19.4 Å². The van der Waals surface area contributed by atoms with Crippen LogP contribution in [0.25, 0.3) is 99.5 Å². The van der Waals surface area contributed by atoms with Crippen LogP contribution in [-0.2, 0) is 0 Å². The third-order valence-corrected chi connectivity index (χ3v) is 9.49. The van der Waals surface area contributed by atoms with Crippen LogP contribution in [-0.4, -0.2) is 15.0 Å². The fourth-order valence-electron chi connectivity index (χ4n) is 7.11. The molecule has 49 heavy (non-hydrogen) atoms. The number of rotatable bonds is 4. The molecule has 0 amide bonds. The van der Waals surface area contributed by atoms with Crippen LogP contribution in [0.5, 0.6) is 0 Å². The Morgan fingerprint density at radius 2 is 0.939 bits per heavy atom. The first-order valence-electron chi connectivity index (χ1n) is 16.4. The molecule has 0 aliphatic carbocycles.